The Hall–Kier alpha value is -2.41. The van der Waals surface area contributed by atoms with Gasteiger partial charge in [-0.1, -0.05) is 12.1 Å². The van der Waals surface area contributed by atoms with E-state index in [1.165, 1.54) is 12.0 Å². The summed E-state index contributed by atoms with van der Waals surface area (Å²) in [5.41, 5.74) is 1.11. The van der Waals surface area contributed by atoms with Gasteiger partial charge in [0.1, 0.15) is 6.61 Å². The quantitative estimate of drug-likeness (QED) is 0.734. The van der Waals surface area contributed by atoms with Crippen LogP contribution >= 0.6 is 0 Å². The number of amides is 1. The second-order valence-electron chi connectivity index (χ2n) is 4.36. The normalized spacial score (nSPS) is 10.1. The molecule has 21 heavy (non-hydrogen) atoms. The van der Waals surface area contributed by atoms with E-state index in [2.05, 4.69) is 0 Å². The average molecular weight is 295 g/mol. The van der Waals surface area contributed by atoms with Crippen LogP contribution in [0.4, 0.5) is 5.69 Å². The zero-order valence-electron chi connectivity index (χ0n) is 11.6. The molecular formula is C14H17NO6. The van der Waals surface area contributed by atoms with Gasteiger partial charge in [-0.2, -0.15) is 0 Å². The molecule has 0 saturated heterocycles. The number of rotatable bonds is 8. The van der Waals surface area contributed by atoms with Crippen molar-refractivity contribution in [2.75, 3.05) is 25.2 Å². The molecule has 0 heterocycles. The van der Waals surface area contributed by atoms with Crippen LogP contribution in [0.2, 0.25) is 0 Å². The minimum atomic E-state index is -1.01. The van der Waals surface area contributed by atoms with E-state index in [0.29, 0.717) is 11.3 Å². The highest BCUT2D eigenvalue weighted by Crippen LogP contribution is 2.16. The van der Waals surface area contributed by atoms with Crippen molar-refractivity contribution in [3.63, 3.8) is 0 Å². The van der Waals surface area contributed by atoms with Crippen LogP contribution in [0.15, 0.2) is 24.3 Å². The van der Waals surface area contributed by atoms with E-state index >= 15 is 0 Å². The van der Waals surface area contributed by atoms with Crippen molar-refractivity contribution in [3.05, 3.63) is 29.8 Å². The third-order valence-electron chi connectivity index (χ3n) is 2.72. The first-order valence-corrected chi connectivity index (χ1v) is 6.26. The van der Waals surface area contributed by atoms with Gasteiger partial charge in [0.05, 0.1) is 12.8 Å². The fourth-order valence-electron chi connectivity index (χ4n) is 1.77. The molecule has 0 radical (unpaired) electrons. The molecule has 1 amide bonds. The predicted molar refractivity (Wildman–Crippen MR) is 74.3 cm³/mol. The van der Waals surface area contributed by atoms with Crippen LogP contribution in [0.1, 0.15) is 12.0 Å². The summed E-state index contributed by atoms with van der Waals surface area (Å²) in [6.45, 7) is -0.133. The lowest BCUT2D eigenvalue weighted by Gasteiger charge is -2.22. The van der Waals surface area contributed by atoms with Gasteiger partial charge < -0.3 is 19.8 Å². The maximum Gasteiger partial charge on any atom is 0.307 e. The predicted octanol–water partition coefficient (Wildman–Crippen LogP) is 0.768. The lowest BCUT2D eigenvalue weighted by molar-refractivity contribution is -0.137. The number of carbonyl (C=O) groups is 3. The van der Waals surface area contributed by atoms with Crippen LogP contribution in [-0.2, 0) is 25.5 Å². The lowest BCUT2D eigenvalue weighted by atomic mass is 10.1. The molecular weight excluding hydrogens is 278 g/mol. The van der Waals surface area contributed by atoms with Crippen molar-refractivity contribution >= 4 is 23.5 Å². The molecule has 0 aliphatic heterocycles. The number of nitrogens with zero attached hydrogens (tertiary/aromatic N) is 1. The highest BCUT2D eigenvalue weighted by atomic mass is 16.5. The Balaban J connectivity index is 2.88. The van der Waals surface area contributed by atoms with Crippen molar-refractivity contribution in [3.8, 4) is 0 Å². The van der Waals surface area contributed by atoms with Crippen molar-refractivity contribution < 1.29 is 29.3 Å². The molecule has 0 aromatic heterocycles. The maximum absolute atomic E-state index is 11.9. The van der Waals surface area contributed by atoms with Crippen LogP contribution in [0.5, 0.6) is 0 Å². The molecule has 0 atom stereocenters. The van der Waals surface area contributed by atoms with Gasteiger partial charge in [-0.15, -0.1) is 0 Å². The van der Waals surface area contributed by atoms with E-state index in [9.17, 15) is 14.4 Å². The summed E-state index contributed by atoms with van der Waals surface area (Å²) in [4.78, 5) is 34.5. The fraction of sp³-hybridized carbons (Fsp3) is 0.357. The Labute approximate surface area is 121 Å². The number of carboxylic acids is 2. The van der Waals surface area contributed by atoms with Gasteiger partial charge in [-0.05, 0) is 17.7 Å². The number of aliphatic carboxylic acids is 2. The van der Waals surface area contributed by atoms with Crippen LogP contribution in [0, 0.1) is 0 Å². The summed E-state index contributed by atoms with van der Waals surface area (Å²) in [5.74, 6) is -2.31. The first-order chi connectivity index (χ1) is 9.93. The average Bonchev–Trinajstić information content (AvgIpc) is 2.40. The Bertz CT molecular complexity index is 511. The van der Waals surface area contributed by atoms with Gasteiger partial charge >= 0.3 is 11.9 Å². The molecule has 0 bridgehead atoms. The Morgan fingerprint density at radius 2 is 1.71 bits per heavy atom. The lowest BCUT2D eigenvalue weighted by Crippen LogP contribution is -2.35. The third kappa shape index (κ3) is 5.62. The minimum absolute atomic E-state index is 0.0236. The van der Waals surface area contributed by atoms with Gasteiger partial charge in [0, 0.05) is 19.3 Å². The summed E-state index contributed by atoms with van der Waals surface area (Å²) < 4.78 is 4.77. The molecule has 0 aliphatic carbocycles. The van der Waals surface area contributed by atoms with E-state index < -0.39 is 11.9 Å². The van der Waals surface area contributed by atoms with Gasteiger partial charge in [0.15, 0.2) is 0 Å². The molecule has 1 aromatic rings. The van der Waals surface area contributed by atoms with E-state index in [1.54, 1.807) is 24.3 Å². The molecule has 7 nitrogen and oxygen atoms in total. The number of hydrogen-bond acceptors (Lipinski definition) is 4. The zero-order valence-corrected chi connectivity index (χ0v) is 11.6. The molecule has 0 aliphatic rings. The summed E-state index contributed by atoms with van der Waals surface area (Å²) in [7, 11) is 1.38. The van der Waals surface area contributed by atoms with Crippen LogP contribution < -0.4 is 4.90 Å². The van der Waals surface area contributed by atoms with E-state index in [-0.39, 0.29) is 31.9 Å². The Kier molecular flexibility index (Phi) is 6.35. The first-order valence-electron chi connectivity index (χ1n) is 6.26. The van der Waals surface area contributed by atoms with Crippen molar-refractivity contribution in [1.82, 2.24) is 0 Å². The molecule has 2 N–H and O–H groups in total. The Morgan fingerprint density at radius 3 is 2.19 bits per heavy atom. The monoisotopic (exact) mass is 295 g/mol. The molecule has 0 saturated carbocycles. The third-order valence-corrected chi connectivity index (χ3v) is 2.72. The van der Waals surface area contributed by atoms with Gasteiger partial charge in [-0.3, -0.25) is 14.4 Å². The summed E-state index contributed by atoms with van der Waals surface area (Å²) in [5, 5.41) is 17.4. The van der Waals surface area contributed by atoms with Crippen LogP contribution in [0.3, 0.4) is 0 Å². The highest BCUT2D eigenvalue weighted by molar-refractivity contribution is 5.94. The summed E-state index contributed by atoms with van der Waals surface area (Å²) >= 11 is 0. The van der Waals surface area contributed by atoms with Gasteiger partial charge in [-0.25, -0.2) is 0 Å². The molecule has 7 heteroatoms. The number of carbonyl (C=O) groups excluding carboxylic acids is 1. The number of methoxy groups -OCH3 is 1. The zero-order chi connectivity index (χ0) is 15.8. The number of carboxylic acid groups (broad SMARTS) is 2. The second kappa shape index (κ2) is 8.01. The number of hydrogen-bond donors (Lipinski definition) is 2. The van der Waals surface area contributed by atoms with E-state index in [0.717, 1.165) is 0 Å². The van der Waals surface area contributed by atoms with E-state index in [1.807, 2.05) is 0 Å². The standard InChI is InChI=1S/C14H17NO6/c1-21-9-12(16)15(7-6-13(17)18)11-4-2-10(3-5-11)8-14(19)20/h2-5H,6-9H2,1H3,(H,17,18)(H,19,20). The largest absolute Gasteiger partial charge is 0.481 e. The molecule has 0 fully saturated rings. The number of ether oxygens (including phenoxy) is 1. The SMILES string of the molecule is COCC(=O)N(CCC(=O)O)c1ccc(CC(=O)O)cc1. The summed E-state index contributed by atoms with van der Waals surface area (Å²) in [6, 6.07) is 6.37. The summed E-state index contributed by atoms with van der Waals surface area (Å²) in [6.07, 6.45) is -0.298. The Morgan fingerprint density at radius 1 is 1.10 bits per heavy atom. The van der Waals surface area contributed by atoms with Crippen molar-refractivity contribution in [1.29, 1.82) is 0 Å². The number of benzene rings is 1. The topological polar surface area (TPSA) is 104 Å². The molecule has 1 aromatic carbocycles. The van der Waals surface area contributed by atoms with Crippen LogP contribution in [0.25, 0.3) is 0 Å². The van der Waals surface area contributed by atoms with Crippen molar-refractivity contribution in [2.45, 2.75) is 12.8 Å². The van der Waals surface area contributed by atoms with Crippen molar-refractivity contribution in [2.24, 2.45) is 0 Å². The maximum atomic E-state index is 11.9. The molecule has 0 unspecified atom stereocenters. The van der Waals surface area contributed by atoms with Gasteiger partial charge in [0.25, 0.3) is 5.91 Å². The molecule has 0 spiro atoms. The number of anilines is 1. The fourth-order valence-corrected chi connectivity index (χ4v) is 1.77. The smallest absolute Gasteiger partial charge is 0.307 e. The van der Waals surface area contributed by atoms with E-state index in [4.69, 9.17) is 14.9 Å². The minimum Gasteiger partial charge on any atom is -0.481 e. The molecule has 114 valence electrons. The molecule has 1 rings (SSSR count). The highest BCUT2D eigenvalue weighted by Gasteiger charge is 2.16. The van der Waals surface area contributed by atoms with Crippen LogP contribution in [-0.4, -0.2) is 48.3 Å². The first kappa shape index (κ1) is 16.6. The second-order valence-corrected chi connectivity index (χ2v) is 4.36. The van der Waals surface area contributed by atoms with Gasteiger partial charge in [0.2, 0.25) is 0 Å².